The van der Waals surface area contributed by atoms with Crippen LogP contribution < -0.4 is 10.6 Å². The van der Waals surface area contributed by atoms with Crippen LogP contribution in [-0.2, 0) is 9.47 Å². The van der Waals surface area contributed by atoms with E-state index in [0.29, 0.717) is 17.8 Å². The largest absolute Gasteiger partial charge is 0.379 e. The minimum absolute atomic E-state index is 0.0112. The number of hydrogen-bond acceptors (Lipinski definition) is 7. The normalized spacial score (nSPS) is 22.2. The fourth-order valence-corrected chi connectivity index (χ4v) is 4.91. The maximum Gasteiger partial charge on any atom is 0.257 e. The Morgan fingerprint density at radius 1 is 1.26 bits per heavy atom. The molecule has 0 aromatic carbocycles. The van der Waals surface area contributed by atoms with E-state index in [4.69, 9.17) is 14.5 Å². The molecular weight excluding hydrogens is 434 g/mol. The lowest BCUT2D eigenvalue weighted by molar-refractivity contribution is 0.00732. The number of nitrogens with one attached hydrogen (secondary N) is 2. The van der Waals surface area contributed by atoms with Gasteiger partial charge in [0.25, 0.3) is 5.91 Å². The average Bonchev–Trinajstić information content (AvgIpc) is 3.59. The number of nitrogens with zero attached hydrogens (tertiary/aromatic N) is 5. The number of fused-ring (bicyclic) bond motifs is 2. The van der Waals surface area contributed by atoms with Crippen molar-refractivity contribution in [3.8, 4) is 11.3 Å². The van der Waals surface area contributed by atoms with Gasteiger partial charge in [0, 0.05) is 50.2 Å². The van der Waals surface area contributed by atoms with E-state index in [9.17, 15) is 4.79 Å². The van der Waals surface area contributed by atoms with Gasteiger partial charge in [-0.05, 0) is 31.4 Å². The number of aromatic nitrogens is 5. The molecule has 2 N–H and O–H groups in total. The van der Waals surface area contributed by atoms with E-state index in [1.165, 1.54) is 0 Å². The lowest BCUT2D eigenvalue weighted by Gasteiger charge is -2.35. The van der Waals surface area contributed by atoms with Gasteiger partial charge in [-0.15, -0.1) is 0 Å². The highest BCUT2D eigenvalue weighted by molar-refractivity contribution is 6.01. The number of rotatable bonds is 6. The molecule has 10 nitrogen and oxygen atoms in total. The summed E-state index contributed by atoms with van der Waals surface area (Å²) in [6, 6.07) is 6.19. The smallest absolute Gasteiger partial charge is 0.257 e. The quantitative estimate of drug-likeness (QED) is 0.455. The van der Waals surface area contributed by atoms with Crippen LogP contribution >= 0.6 is 0 Å². The highest BCUT2D eigenvalue weighted by Crippen LogP contribution is 2.34. The van der Waals surface area contributed by atoms with Crippen LogP contribution in [0.5, 0.6) is 0 Å². The first-order chi connectivity index (χ1) is 16.7. The molecule has 6 rings (SSSR count). The number of anilines is 1. The van der Waals surface area contributed by atoms with Gasteiger partial charge in [-0.2, -0.15) is 9.61 Å². The lowest BCUT2D eigenvalue weighted by Crippen LogP contribution is -2.51. The van der Waals surface area contributed by atoms with Crippen LogP contribution in [0.1, 0.15) is 35.7 Å². The van der Waals surface area contributed by atoms with Crippen LogP contribution in [-0.4, -0.2) is 69.6 Å². The molecule has 1 saturated carbocycles. The summed E-state index contributed by atoms with van der Waals surface area (Å²) in [5.74, 6) is 0.548. The Balaban J connectivity index is 1.45. The van der Waals surface area contributed by atoms with Crippen molar-refractivity contribution in [1.29, 1.82) is 0 Å². The van der Waals surface area contributed by atoms with Crippen molar-refractivity contribution in [3.63, 3.8) is 0 Å². The van der Waals surface area contributed by atoms with Gasteiger partial charge in [-0.3, -0.25) is 4.79 Å². The van der Waals surface area contributed by atoms with Crippen molar-refractivity contribution < 1.29 is 14.3 Å². The lowest BCUT2D eigenvalue weighted by atomic mass is 9.89. The van der Waals surface area contributed by atoms with Crippen LogP contribution in [0.2, 0.25) is 0 Å². The molecule has 2 fully saturated rings. The first-order valence-electron chi connectivity index (χ1n) is 11.6. The van der Waals surface area contributed by atoms with Crippen molar-refractivity contribution in [1.82, 2.24) is 29.5 Å². The summed E-state index contributed by atoms with van der Waals surface area (Å²) in [5.41, 5.74) is 3.55. The second-order valence-corrected chi connectivity index (χ2v) is 8.84. The van der Waals surface area contributed by atoms with Crippen LogP contribution in [0.15, 0.2) is 36.8 Å². The third-order valence-corrected chi connectivity index (χ3v) is 6.97. The number of hydrogen-bond donors (Lipinski definition) is 2. The summed E-state index contributed by atoms with van der Waals surface area (Å²) in [4.78, 5) is 22.7. The first-order valence-corrected chi connectivity index (χ1v) is 11.6. The Bertz CT molecular complexity index is 1370. The van der Waals surface area contributed by atoms with Crippen LogP contribution in [0.25, 0.3) is 27.9 Å². The number of amides is 1. The Morgan fingerprint density at radius 2 is 2.18 bits per heavy atom. The molecule has 0 spiro atoms. The topological polar surface area (TPSA) is 108 Å². The molecule has 1 amide bonds. The predicted molar refractivity (Wildman–Crippen MR) is 127 cm³/mol. The maximum atomic E-state index is 13.1. The molecule has 4 aromatic heterocycles. The Hall–Kier alpha value is -3.50. The molecule has 4 aromatic rings. The molecule has 0 bridgehead atoms. The molecule has 3 atom stereocenters. The standard InChI is InChI=1S/C24H27N7O3/c1-25-21-10-19(17-12-30(14-7-9-34-13-14)22-15(17)4-3-8-26-22)28-23-16(11-27-31(21)23)24(32)29-18-5-6-20(18)33-2/h3-4,8,10-12,14,18,20,25H,5-7,9,13H2,1-2H3,(H,29,32)/t14-,18?,20+/m1/s1. The molecule has 1 unspecified atom stereocenters. The number of pyridine rings is 1. The molecule has 1 saturated heterocycles. The first kappa shape index (κ1) is 21.1. The van der Waals surface area contributed by atoms with Gasteiger partial charge in [0.15, 0.2) is 5.65 Å². The minimum Gasteiger partial charge on any atom is -0.379 e. The van der Waals surface area contributed by atoms with Crippen molar-refractivity contribution >= 4 is 28.4 Å². The number of ether oxygens (including phenoxy) is 2. The molecule has 10 heteroatoms. The molecule has 34 heavy (non-hydrogen) atoms. The van der Waals surface area contributed by atoms with Gasteiger partial charge in [0.1, 0.15) is 17.0 Å². The molecule has 1 aliphatic heterocycles. The number of carbonyl (C=O) groups is 1. The van der Waals surface area contributed by atoms with Gasteiger partial charge < -0.3 is 24.7 Å². The van der Waals surface area contributed by atoms with Gasteiger partial charge in [-0.1, -0.05) is 0 Å². The second-order valence-electron chi connectivity index (χ2n) is 8.84. The summed E-state index contributed by atoms with van der Waals surface area (Å²) in [7, 11) is 3.51. The third-order valence-electron chi connectivity index (χ3n) is 6.97. The highest BCUT2D eigenvalue weighted by atomic mass is 16.5. The number of methoxy groups -OCH3 is 1. The zero-order valence-electron chi connectivity index (χ0n) is 19.2. The molecule has 5 heterocycles. The molecule has 2 aliphatic rings. The van der Waals surface area contributed by atoms with Gasteiger partial charge in [0.2, 0.25) is 0 Å². The molecule has 0 radical (unpaired) electrons. The van der Waals surface area contributed by atoms with Gasteiger partial charge in [0.05, 0.1) is 36.7 Å². The fraction of sp³-hybridized carbons (Fsp3) is 0.417. The fourth-order valence-electron chi connectivity index (χ4n) is 4.91. The zero-order chi connectivity index (χ0) is 23.2. The summed E-state index contributed by atoms with van der Waals surface area (Å²) in [6.07, 6.45) is 8.34. The summed E-state index contributed by atoms with van der Waals surface area (Å²) in [6.45, 7) is 1.42. The second kappa shape index (κ2) is 8.37. The van der Waals surface area contributed by atoms with Gasteiger partial charge >= 0.3 is 0 Å². The van der Waals surface area contributed by atoms with E-state index < -0.39 is 0 Å². The van der Waals surface area contributed by atoms with E-state index in [-0.39, 0.29) is 24.1 Å². The van der Waals surface area contributed by atoms with E-state index in [0.717, 1.165) is 54.0 Å². The Morgan fingerprint density at radius 3 is 2.91 bits per heavy atom. The van der Waals surface area contributed by atoms with Crippen LogP contribution in [0.3, 0.4) is 0 Å². The molecule has 176 valence electrons. The van der Waals surface area contributed by atoms with Crippen molar-refractivity contribution in [3.05, 3.63) is 42.4 Å². The zero-order valence-corrected chi connectivity index (χ0v) is 19.2. The van der Waals surface area contributed by atoms with Crippen molar-refractivity contribution in [2.24, 2.45) is 0 Å². The Kier molecular flexibility index (Phi) is 5.19. The third kappa shape index (κ3) is 3.33. The summed E-state index contributed by atoms with van der Waals surface area (Å²) >= 11 is 0. The van der Waals surface area contributed by atoms with Crippen LogP contribution in [0, 0.1) is 0 Å². The molecule has 1 aliphatic carbocycles. The van der Waals surface area contributed by atoms with Crippen LogP contribution in [0.4, 0.5) is 5.82 Å². The highest BCUT2D eigenvalue weighted by Gasteiger charge is 2.33. The minimum atomic E-state index is -0.194. The average molecular weight is 462 g/mol. The van der Waals surface area contributed by atoms with E-state index in [2.05, 4.69) is 37.5 Å². The van der Waals surface area contributed by atoms with E-state index in [1.54, 1.807) is 24.0 Å². The van der Waals surface area contributed by atoms with Crippen molar-refractivity contribution in [2.75, 3.05) is 32.7 Å². The van der Waals surface area contributed by atoms with Gasteiger partial charge in [-0.25, -0.2) is 9.97 Å². The summed E-state index contributed by atoms with van der Waals surface area (Å²) in [5, 5.41) is 11.7. The predicted octanol–water partition coefficient (Wildman–Crippen LogP) is 2.66. The molecular formula is C24H27N7O3. The SMILES string of the molecule is CNc1cc(-c2cn([C@@H]3CCOC3)c3ncccc23)nc2c(C(=O)NC3CC[C@@H]3OC)cnn12. The number of carbonyl (C=O) groups excluding carboxylic acids is 1. The summed E-state index contributed by atoms with van der Waals surface area (Å²) < 4.78 is 14.9. The monoisotopic (exact) mass is 461 g/mol. The van der Waals surface area contributed by atoms with E-state index >= 15 is 0 Å². The maximum absolute atomic E-state index is 13.1. The van der Waals surface area contributed by atoms with E-state index in [1.807, 2.05) is 19.2 Å². The Labute approximate surface area is 196 Å². The van der Waals surface area contributed by atoms with Crippen molar-refractivity contribution in [2.45, 2.75) is 37.5 Å².